The summed E-state index contributed by atoms with van der Waals surface area (Å²) in [4.78, 5) is 48.6. The summed E-state index contributed by atoms with van der Waals surface area (Å²) < 4.78 is 0. The van der Waals surface area contributed by atoms with Crippen molar-refractivity contribution in [3.05, 3.63) is 39.9 Å². The van der Waals surface area contributed by atoms with Gasteiger partial charge in [-0.15, -0.1) is 0 Å². The molecule has 2 amide bonds. The van der Waals surface area contributed by atoms with Crippen LogP contribution in [0, 0.1) is 16.0 Å². The Bertz CT molecular complexity index is 712. The van der Waals surface area contributed by atoms with E-state index in [0.717, 1.165) is 0 Å². The minimum atomic E-state index is -0.846. The number of amides is 2. The molecule has 26 heavy (non-hydrogen) atoms. The molecule has 0 saturated carbocycles. The Kier molecular flexibility index (Phi) is 6.26. The number of nitro groups is 1. The highest BCUT2D eigenvalue weighted by Crippen LogP contribution is 2.18. The van der Waals surface area contributed by atoms with Crippen molar-refractivity contribution in [3.8, 4) is 0 Å². The molecule has 1 heterocycles. The van der Waals surface area contributed by atoms with Gasteiger partial charge in [0.1, 0.15) is 0 Å². The average Bonchev–Trinajstić information content (AvgIpc) is 2.61. The molecule has 0 bridgehead atoms. The van der Waals surface area contributed by atoms with E-state index in [1.807, 2.05) is 0 Å². The molecule has 140 valence electrons. The van der Waals surface area contributed by atoms with Crippen molar-refractivity contribution >= 4 is 23.5 Å². The predicted octanol–water partition coefficient (Wildman–Crippen LogP) is 0.919. The van der Waals surface area contributed by atoms with Crippen LogP contribution < -0.4 is 0 Å². The number of aliphatic carboxylic acids is 1. The Labute approximate surface area is 150 Å². The first-order valence-corrected chi connectivity index (χ1v) is 8.26. The lowest BCUT2D eigenvalue weighted by atomic mass is 9.97. The maximum absolute atomic E-state index is 12.3. The summed E-state index contributed by atoms with van der Waals surface area (Å²) in [5, 5.41) is 19.8. The highest BCUT2D eigenvalue weighted by atomic mass is 16.6. The number of likely N-dealkylation sites (N-methyl/N-ethyl adjacent to an activating group) is 1. The standard InChI is InChI=1S/C17H21N3O6/c1-18(11-16(22)19-7-5-13(6-8-19)17(23)24)15(21)10-12-3-2-4-14(9-12)20(25)26/h2-4,9,13H,5-8,10-11H2,1H3,(H,23,24). The lowest BCUT2D eigenvalue weighted by molar-refractivity contribution is -0.384. The van der Waals surface area contributed by atoms with Gasteiger partial charge in [0.25, 0.3) is 5.69 Å². The summed E-state index contributed by atoms with van der Waals surface area (Å²) in [6.07, 6.45) is 0.783. The number of benzene rings is 1. The van der Waals surface area contributed by atoms with E-state index < -0.39 is 16.8 Å². The fraction of sp³-hybridized carbons (Fsp3) is 0.471. The number of piperidine rings is 1. The molecule has 0 atom stereocenters. The molecule has 9 heteroatoms. The van der Waals surface area contributed by atoms with Gasteiger partial charge >= 0.3 is 5.97 Å². The molecule has 1 N–H and O–H groups in total. The first-order chi connectivity index (χ1) is 12.3. The highest BCUT2D eigenvalue weighted by molar-refractivity contribution is 5.86. The Hall–Kier alpha value is -2.97. The number of carbonyl (C=O) groups is 3. The number of hydrogen-bond donors (Lipinski definition) is 1. The molecule has 1 aliphatic rings. The van der Waals surface area contributed by atoms with E-state index in [4.69, 9.17) is 5.11 Å². The molecule has 1 saturated heterocycles. The third kappa shape index (κ3) is 5.01. The fourth-order valence-corrected chi connectivity index (χ4v) is 2.86. The summed E-state index contributed by atoms with van der Waals surface area (Å²) in [6, 6.07) is 5.82. The summed E-state index contributed by atoms with van der Waals surface area (Å²) >= 11 is 0. The number of carboxylic acids is 1. The van der Waals surface area contributed by atoms with Gasteiger partial charge in [-0.05, 0) is 18.4 Å². The van der Waals surface area contributed by atoms with Crippen LogP contribution in [0.4, 0.5) is 5.69 Å². The third-order valence-electron chi connectivity index (χ3n) is 4.47. The largest absolute Gasteiger partial charge is 0.481 e. The lowest BCUT2D eigenvalue weighted by Crippen LogP contribution is -2.45. The molecule has 1 fully saturated rings. The van der Waals surface area contributed by atoms with E-state index >= 15 is 0 Å². The van der Waals surface area contributed by atoms with E-state index in [2.05, 4.69) is 0 Å². The van der Waals surface area contributed by atoms with Crippen LogP contribution in [0.5, 0.6) is 0 Å². The van der Waals surface area contributed by atoms with Crippen LogP contribution in [0.3, 0.4) is 0 Å². The van der Waals surface area contributed by atoms with Crippen molar-refractivity contribution in [1.29, 1.82) is 0 Å². The van der Waals surface area contributed by atoms with Crippen LogP contribution >= 0.6 is 0 Å². The van der Waals surface area contributed by atoms with E-state index in [1.54, 1.807) is 11.0 Å². The van der Waals surface area contributed by atoms with E-state index in [9.17, 15) is 24.5 Å². The Morgan fingerprint density at radius 2 is 1.96 bits per heavy atom. The van der Waals surface area contributed by atoms with Crippen molar-refractivity contribution in [3.63, 3.8) is 0 Å². The smallest absolute Gasteiger partial charge is 0.306 e. The maximum Gasteiger partial charge on any atom is 0.306 e. The second kappa shape index (κ2) is 8.41. The van der Waals surface area contributed by atoms with Gasteiger partial charge < -0.3 is 14.9 Å². The van der Waals surface area contributed by atoms with Crippen LogP contribution in [0.25, 0.3) is 0 Å². The van der Waals surface area contributed by atoms with Crippen LogP contribution in [0.15, 0.2) is 24.3 Å². The molecule has 0 aliphatic carbocycles. The summed E-state index contributed by atoms with van der Waals surface area (Å²) in [5.41, 5.74) is 0.418. The number of nitro benzene ring substituents is 1. The van der Waals surface area contributed by atoms with Gasteiger partial charge in [0, 0.05) is 32.3 Å². The van der Waals surface area contributed by atoms with Crippen molar-refractivity contribution in [2.75, 3.05) is 26.7 Å². The maximum atomic E-state index is 12.3. The van der Waals surface area contributed by atoms with E-state index in [0.29, 0.717) is 31.5 Å². The quantitative estimate of drug-likeness (QED) is 0.592. The minimum absolute atomic E-state index is 0.0352. The van der Waals surface area contributed by atoms with Crippen molar-refractivity contribution in [2.45, 2.75) is 19.3 Å². The summed E-state index contributed by atoms with van der Waals surface area (Å²) in [6.45, 7) is 0.622. The van der Waals surface area contributed by atoms with Crippen LogP contribution in [0.1, 0.15) is 18.4 Å². The number of rotatable bonds is 6. The molecule has 0 unspecified atom stereocenters. The molecular weight excluding hydrogens is 342 g/mol. The number of hydrogen-bond acceptors (Lipinski definition) is 5. The zero-order chi connectivity index (χ0) is 19.3. The number of carbonyl (C=O) groups excluding carboxylic acids is 2. The van der Waals surface area contributed by atoms with Crippen LogP contribution in [-0.2, 0) is 20.8 Å². The Balaban J connectivity index is 1.87. The van der Waals surface area contributed by atoms with Gasteiger partial charge in [-0.2, -0.15) is 0 Å². The zero-order valence-electron chi connectivity index (χ0n) is 14.5. The second-order valence-electron chi connectivity index (χ2n) is 6.35. The lowest BCUT2D eigenvalue weighted by Gasteiger charge is -2.31. The molecule has 0 spiro atoms. The average molecular weight is 363 g/mol. The highest BCUT2D eigenvalue weighted by Gasteiger charge is 2.27. The van der Waals surface area contributed by atoms with Crippen molar-refractivity contribution < 1.29 is 24.4 Å². The first-order valence-electron chi connectivity index (χ1n) is 8.26. The molecule has 2 rings (SSSR count). The third-order valence-corrected chi connectivity index (χ3v) is 4.47. The molecule has 0 radical (unpaired) electrons. The van der Waals surface area contributed by atoms with Gasteiger partial charge in [0.05, 0.1) is 23.8 Å². The van der Waals surface area contributed by atoms with Crippen LogP contribution in [-0.4, -0.2) is 64.3 Å². The number of nitrogens with zero attached hydrogens (tertiary/aromatic N) is 3. The normalized spacial score (nSPS) is 14.7. The Morgan fingerprint density at radius 3 is 2.54 bits per heavy atom. The van der Waals surface area contributed by atoms with Crippen molar-refractivity contribution in [1.82, 2.24) is 9.80 Å². The van der Waals surface area contributed by atoms with Gasteiger partial charge in [-0.25, -0.2) is 0 Å². The van der Waals surface area contributed by atoms with Crippen LogP contribution in [0.2, 0.25) is 0 Å². The second-order valence-corrected chi connectivity index (χ2v) is 6.35. The van der Waals surface area contributed by atoms with Gasteiger partial charge in [-0.1, -0.05) is 12.1 Å². The van der Waals surface area contributed by atoms with E-state index in [-0.39, 0.29) is 30.5 Å². The zero-order valence-corrected chi connectivity index (χ0v) is 14.5. The first kappa shape index (κ1) is 19.4. The van der Waals surface area contributed by atoms with Gasteiger partial charge in [-0.3, -0.25) is 24.5 Å². The summed E-state index contributed by atoms with van der Waals surface area (Å²) in [5.74, 6) is -1.82. The molecule has 0 aromatic heterocycles. The number of likely N-dealkylation sites (tertiary alicyclic amines) is 1. The Morgan fingerprint density at radius 1 is 1.31 bits per heavy atom. The molecule has 1 aromatic rings. The van der Waals surface area contributed by atoms with E-state index in [1.165, 1.54) is 30.1 Å². The topological polar surface area (TPSA) is 121 Å². The molecule has 1 aromatic carbocycles. The minimum Gasteiger partial charge on any atom is -0.481 e. The fourth-order valence-electron chi connectivity index (χ4n) is 2.86. The SMILES string of the molecule is CN(CC(=O)N1CCC(C(=O)O)CC1)C(=O)Cc1cccc([N+](=O)[O-])c1. The number of non-ortho nitro benzene ring substituents is 1. The molecule has 9 nitrogen and oxygen atoms in total. The van der Waals surface area contributed by atoms with Gasteiger partial charge in [0.15, 0.2) is 0 Å². The number of carboxylic acid groups (broad SMARTS) is 1. The molecular formula is C17H21N3O6. The monoisotopic (exact) mass is 363 g/mol. The molecule has 1 aliphatic heterocycles. The van der Waals surface area contributed by atoms with Crippen molar-refractivity contribution in [2.24, 2.45) is 5.92 Å². The van der Waals surface area contributed by atoms with Gasteiger partial charge in [0.2, 0.25) is 11.8 Å². The summed E-state index contributed by atoms with van der Waals surface area (Å²) in [7, 11) is 1.50. The predicted molar refractivity (Wildman–Crippen MR) is 91.4 cm³/mol.